The summed E-state index contributed by atoms with van der Waals surface area (Å²) in [5.41, 5.74) is 1.46. The molecule has 0 radical (unpaired) electrons. The number of hydrogen-bond acceptors (Lipinski definition) is 2. The van der Waals surface area contributed by atoms with Crippen LogP contribution < -0.4 is 5.32 Å². The third-order valence-corrected chi connectivity index (χ3v) is 3.99. The van der Waals surface area contributed by atoms with E-state index in [1.165, 1.54) is 12.0 Å². The summed E-state index contributed by atoms with van der Waals surface area (Å²) in [6.07, 6.45) is 1.25. The minimum Gasteiger partial charge on any atom is -0.465 e. The first-order valence-corrected chi connectivity index (χ1v) is 7.14. The molecule has 1 fully saturated rings. The van der Waals surface area contributed by atoms with E-state index in [0.29, 0.717) is 17.9 Å². The van der Waals surface area contributed by atoms with Crippen molar-refractivity contribution in [2.24, 2.45) is 5.92 Å². The topological polar surface area (TPSA) is 25.2 Å². The van der Waals surface area contributed by atoms with E-state index in [2.05, 4.69) is 54.7 Å². The summed E-state index contributed by atoms with van der Waals surface area (Å²) in [4.78, 5) is 0. The quantitative estimate of drug-likeness (QED) is 0.872. The summed E-state index contributed by atoms with van der Waals surface area (Å²) in [5.74, 6) is 3.42. The van der Waals surface area contributed by atoms with E-state index in [1.54, 1.807) is 0 Å². The van der Waals surface area contributed by atoms with Crippen LogP contribution in [0.3, 0.4) is 0 Å². The van der Waals surface area contributed by atoms with Gasteiger partial charge < -0.3 is 9.73 Å². The van der Waals surface area contributed by atoms with Crippen molar-refractivity contribution in [1.82, 2.24) is 5.32 Å². The van der Waals surface area contributed by atoms with Crippen molar-refractivity contribution in [3.63, 3.8) is 0 Å². The molecule has 3 unspecified atom stereocenters. The number of furan rings is 1. The summed E-state index contributed by atoms with van der Waals surface area (Å²) in [6, 6.07) is 15.3. The smallest absolute Gasteiger partial charge is 0.121 e. The molecule has 2 aromatic rings. The van der Waals surface area contributed by atoms with Gasteiger partial charge in [0.25, 0.3) is 0 Å². The molecule has 0 spiro atoms. The Balaban J connectivity index is 1.76. The van der Waals surface area contributed by atoms with Gasteiger partial charge in [0, 0.05) is 0 Å². The van der Waals surface area contributed by atoms with Gasteiger partial charge in [-0.2, -0.15) is 0 Å². The van der Waals surface area contributed by atoms with Crippen LogP contribution in [0.5, 0.6) is 0 Å². The molecule has 1 N–H and O–H groups in total. The maximum atomic E-state index is 5.82. The van der Waals surface area contributed by atoms with Gasteiger partial charge in [0.05, 0.1) is 6.04 Å². The van der Waals surface area contributed by atoms with Gasteiger partial charge in [0.2, 0.25) is 0 Å². The molecule has 1 heterocycles. The average Bonchev–Trinajstić information content (AvgIpc) is 3.12. The van der Waals surface area contributed by atoms with E-state index < -0.39 is 0 Å². The Morgan fingerprint density at radius 3 is 2.63 bits per heavy atom. The van der Waals surface area contributed by atoms with Gasteiger partial charge >= 0.3 is 0 Å². The first-order chi connectivity index (χ1) is 9.29. The standard InChI is InChI=1S/C17H21NO/c1-3-18-17(16-10-9-12(2)19-16)15-11-14(15)13-7-5-4-6-8-13/h4-10,14-15,17-18H,3,11H2,1-2H3. The summed E-state index contributed by atoms with van der Waals surface area (Å²) in [7, 11) is 0. The highest BCUT2D eigenvalue weighted by atomic mass is 16.3. The lowest BCUT2D eigenvalue weighted by Crippen LogP contribution is -2.22. The van der Waals surface area contributed by atoms with Crippen LogP contribution in [0.2, 0.25) is 0 Å². The molecule has 0 bridgehead atoms. The number of hydrogen-bond donors (Lipinski definition) is 1. The number of rotatable bonds is 5. The first-order valence-electron chi connectivity index (χ1n) is 7.14. The molecule has 0 saturated heterocycles. The molecule has 0 aliphatic heterocycles. The predicted molar refractivity (Wildman–Crippen MR) is 77.2 cm³/mol. The largest absolute Gasteiger partial charge is 0.465 e. The highest BCUT2D eigenvalue weighted by Crippen LogP contribution is 2.54. The molecule has 2 nitrogen and oxygen atoms in total. The Kier molecular flexibility index (Phi) is 3.43. The second-order valence-corrected chi connectivity index (χ2v) is 5.40. The second-order valence-electron chi connectivity index (χ2n) is 5.40. The number of aryl methyl sites for hydroxylation is 1. The van der Waals surface area contributed by atoms with Gasteiger partial charge in [-0.15, -0.1) is 0 Å². The van der Waals surface area contributed by atoms with E-state index in [0.717, 1.165) is 18.1 Å². The van der Waals surface area contributed by atoms with Crippen LogP contribution in [0.25, 0.3) is 0 Å². The van der Waals surface area contributed by atoms with Gasteiger partial charge in [0.15, 0.2) is 0 Å². The van der Waals surface area contributed by atoms with Crippen molar-refractivity contribution in [2.45, 2.75) is 32.2 Å². The van der Waals surface area contributed by atoms with Crippen LogP contribution in [0.1, 0.15) is 42.4 Å². The molecule has 0 amide bonds. The molecule has 2 heteroatoms. The molecular weight excluding hydrogens is 234 g/mol. The monoisotopic (exact) mass is 255 g/mol. The van der Waals surface area contributed by atoms with E-state index in [-0.39, 0.29) is 0 Å². The van der Waals surface area contributed by atoms with E-state index in [1.807, 2.05) is 6.92 Å². The zero-order valence-corrected chi connectivity index (χ0v) is 11.6. The third kappa shape index (κ3) is 2.59. The van der Waals surface area contributed by atoms with Gasteiger partial charge in [-0.05, 0) is 49.4 Å². The van der Waals surface area contributed by atoms with Gasteiger partial charge in [-0.25, -0.2) is 0 Å². The lowest BCUT2D eigenvalue weighted by Gasteiger charge is -2.15. The zero-order chi connectivity index (χ0) is 13.2. The zero-order valence-electron chi connectivity index (χ0n) is 11.6. The van der Waals surface area contributed by atoms with Crippen molar-refractivity contribution in [1.29, 1.82) is 0 Å². The van der Waals surface area contributed by atoms with E-state index in [4.69, 9.17) is 4.42 Å². The van der Waals surface area contributed by atoms with Gasteiger partial charge in [0.1, 0.15) is 11.5 Å². The summed E-state index contributed by atoms with van der Waals surface area (Å²) < 4.78 is 5.82. The molecule has 3 rings (SSSR count). The van der Waals surface area contributed by atoms with E-state index in [9.17, 15) is 0 Å². The number of benzene rings is 1. The lowest BCUT2D eigenvalue weighted by atomic mass is 10.0. The Morgan fingerprint density at radius 2 is 2.00 bits per heavy atom. The van der Waals surface area contributed by atoms with Crippen LogP contribution in [0, 0.1) is 12.8 Å². The average molecular weight is 255 g/mol. The number of nitrogens with one attached hydrogen (secondary N) is 1. The van der Waals surface area contributed by atoms with Crippen molar-refractivity contribution in [2.75, 3.05) is 6.54 Å². The SMILES string of the molecule is CCNC(c1ccc(C)o1)C1CC1c1ccccc1. The Morgan fingerprint density at radius 1 is 1.21 bits per heavy atom. The normalized spacial score (nSPS) is 23.3. The molecule has 3 atom stereocenters. The van der Waals surface area contributed by atoms with Gasteiger partial charge in [-0.3, -0.25) is 0 Å². The molecule has 1 aliphatic carbocycles. The fourth-order valence-corrected chi connectivity index (χ4v) is 2.97. The van der Waals surface area contributed by atoms with Crippen LogP contribution in [0.15, 0.2) is 46.9 Å². The van der Waals surface area contributed by atoms with E-state index >= 15 is 0 Å². The summed E-state index contributed by atoms with van der Waals surface area (Å²) in [6.45, 7) is 5.14. The fourth-order valence-electron chi connectivity index (χ4n) is 2.97. The second kappa shape index (κ2) is 5.22. The molecule has 1 aromatic carbocycles. The van der Waals surface area contributed by atoms with Crippen molar-refractivity contribution in [3.8, 4) is 0 Å². The molecule has 1 aromatic heterocycles. The molecule has 1 aliphatic rings. The lowest BCUT2D eigenvalue weighted by molar-refractivity contribution is 0.375. The van der Waals surface area contributed by atoms with Crippen molar-refractivity contribution in [3.05, 3.63) is 59.5 Å². The minimum atomic E-state index is 0.351. The van der Waals surface area contributed by atoms with Crippen molar-refractivity contribution >= 4 is 0 Å². The highest BCUT2D eigenvalue weighted by Gasteiger charge is 2.45. The summed E-state index contributed by atoms with van der Waals surface area (Å²) >= 11 is 0. The van der Waals surface area contributed by atoms with Crippen LogP contribution in [-0.2, 0) is 0 Å². The van der Waals surface area contributed by atoms with Crippen molar-refractivity contribution < 1.29 is 4.42 Å². The van der Waals surface area contributed by atoms with Crippen LogP contribution in [0.4, 0.5) is 0 Å². The highest BCUT2D eigenvalue weighted by molar-refractivity contribution is 5.28. The Hall–Kier alpha value is -1.54. The predicted octanol–water partition coefficient (Wildman–Crippen LogP) is 4.04. The minimum absolute atomic E-state index is 0.351. The van der Waals surface area contributed by atoms with Crippen LogP contribution >= 0.6 is 0 Å². The van der Waals surface area contributed by atoms with Crippen LogP contribution in [-0.4, -0.2) is 6.54 Å². The first kappa shape index (κ1) is 12.5. The Bertz CT molecular complexity index is 531. The van der Waals surface area contributed by atoms with Gasteiger partial charge in [-0.1, -0.05) is 37.3 Å². The molecule has 1 saturated carbocycles. The summed E-state index contributed by atoms with van der Waals surface area (Å²) in [5, 5.41) is 3.58. The Labute approximate surface area is 114 Å². The fraction of sp³-hybridized carbons (Fsp3) is 0.412. The molecule has 19 heavy (non-hydrogen) atoms. The third-order valence-electron chi connectivity index (χ3n) is 3.99. The maximum absolute atomic E-state index is 5.82. The molecular formula is C17H21NO. The maximum Gasteiger partial charge on any atom is 0.121 e. The molecule has 100 valence electrons.